The van der Waals surface area contributed by atoms with Crippen LogP contribution in [0.15, 0.2) is 85.1 Å². The van der Waals surface area contributed by atoms with Crippen molar-refractivity contribution in [2.45, 2.75) is 239 Å². The molecule has 0 saturated heterocycles. The molecule has 0 amide bonds. The van der Waals surface area contributed by atoms with Crippen molar-refractivity contribution in [2.24, 2.45) is 0 Å². The number of esters is 3. The fraction of sp³-hybridized carbons (Fsp3) is 0.696. The first-order valence-corrected chi connectivity index (χ1v) is 25.6. The van der Waals surface area contributed by atoms with E-state index in [-0.39, 0.29) is 31.6 Å². The Kier molecular flexibility index (Phi) is 47.5. The minimum atomic E-state index is -0.812. The molecule has 0 fully saturated rings. The topological polar surface area (TPSA) is 78.9 Å². The number of hydrogen-bond donors (Lipinski definition) is 0. The Morgan fingerprint density at radius 1 is 0.339 bits per heavy atom. The van der Waals surface area contributed by atoms with Crippen molar-refractivity contribution in [3.63, 3.8) is 0 Å². The quantitative estimate of drug-likeness (QED) is 0.0263. The third-order valence-electron chi connectivity index (χ3n) is 10.6. The van der Waals surface area contributed by atoms with Crippen molar-refractivity contribution < 1.29 is 28.6 Å². The van der Waals surface area contributed by atoms with Crippen molar-refractivity contribution in [3.8, 4) is 0 Å². The number of rotatable bonds is 45. The maximum Gasteiger partial charge on any atom is 0.306 e. The van der Waals surface area contributed by atoms with Crippen LogP contribution in [-0.2, 0) is 28.6 Å². The number of carbonyl (C=O) groups is 3. The molecule has 0 saturated carbocycles. The molecule has 0 heterocycles. The third-order valence-corrected chi connectivity index (χ3v) is 10.6. The number of ether oxygens (including phenoxy) is 3. The summed E-state index contributed by atoms with van der Waals surface area (Å²) in [6.45, 7) is 6.37. The highest BCUT2D eigenvalue weighted by Gasteiger charge is 2.19. The Morgan fingerprint density at radius 3 is 1.05 bits per heavy atom. The minimum Gasteiger partial charge on any atom is -0.462 e. The van der Waals surface area contributed by atoms with Crippen LogP contribution in [0.25, 0.3) is 0 Å². The molecule has 1 unspecified atom stereocenters. The lowest BCUT2D eigenvalue weighted by Gasteiger charge is -2.18. The van der Waals surface area contributed by atoms with Gasteiger partial charge in [-0.2, -0.15) is 0 Å². The van der Waals surface area contributed by atoms with E-state index in [1.54, 1.807) is 0 Å². The van der Waals surface area contributed by atoms with E-state index in [1.165, 1.54) is 109 Å². The average Bonchev–Trinajstić information content (AvgIpc) is 3.27. The summed E-state index contributed by atoms with van der Waals surface area (Å²) in [5.74, 6) is -1.01. The molecule has 0 bridgehead atoms. The van der Waals surface area contributed by atoms with Crippen LogP contribution in [0, 0.1) is 0 Å². The molecule has 0 aromatic carbocycles. The monoisotopic (exact) mass is 863 g/mol. The van der Waals surface area contributed by atoms with Crippen molar-refractivity contribution in [1.29, 1.82) is 0 Å². The zero-order chi connectivity index (χ0) is 45.1. The van der Waals surface area contributed by atoms with Crippen molar-refractivity contribution in [1.82, 2.24) is 0 Å². The lowest BCUT2D eigenvalue weighted by atomic mass is 10.1. The summed E-state index contributed by atoms with van der Waals surface area (Å²) >= 11 is 0. The van der Waals surface area contributed by atoms with Gasteiger partial charge in [0, 0.05) is 19.3 Å². The molecule has 0 aliphatic rings. The van der Waals surface area contributed by atoms with Gasteiger partial charge in [0.15, 0.2) is 6.10 Å². The largest absolute Gasteiger partial charge is 0.462 e. The summed E-state index contributed by atoms with van der Waals surface area (Å²) < 4.78 is 16.6. The first kappa shape index (κ1) is 58.6. The molecule has 0 rings (SSSR count). The molecule has 6 heteroatoms. The Balaban J connectivity index is 4.20. The van der Waals surface area contributed by atoms with Gasteiger partial charge in [-0.05, 0) is 83.5 Å². The molecular weight excluding hydrogens is 769 g/mol. The van der Waals surface area contributed by atoms with Crippen molar-refractivity contribution in [2.75, 3.05) is 13.2 Å². The maximum absolute atomic E-state index is 12.7. The third kappa shape index (κ3) is 47.6. The molecule has 0 aliphatic carbocycles. The second-order valence-corrected chi connectivity index (χ2v) is 16.7. The van der Waals surface area contributed by atoms with E-state index in [0.29, 0.717) is 19.3 Å². The predicted molar refractivity (Wildman–Crippen MR) is 265 cm³/mol. The van der Waals surface area contributed by atoms with E-state index in [2.05, 4.69) is 93.7 Å². The van der Waals surface area contributed by atoms with Gasteiger partial charge in [0.1, 0.15) is 13.2 Å². The van der Waals surface area contributed by atoms with E-state index in [9.17, 15) is 14.4 Å². The summed E-state index contributed by atoms with van der Waals surface area (Å²) in [7, 11) is 0. The molecule has 354 valence electrons. The Labute approximate surface area is 382 Å². The van der Waals surface area contributed by atoms with Crippen LogP contribution in [0.1, 0.15) is 233 Å². The summed E-state index contributed by atoms with van der Waals surface area (Å²) in [4.78, 5) is 37.6. The molecular formula is C56H94O6. The summed E-state index contributed by atoms with van der Waals surface area (Å²) in [5, 5.41) is 0. The highest BCUT2D eigenvalue weighted by atomic mass is 16.6. The van der Waals surface area contributed by atoms with Crippen LogP contribution in [-0.4, -0.2) is 37.2 Å². The predicted octanol–water partition coefficient (Wildman–Crippen LogP) is 16.8. The van der Waals surface area contributed by atoms with Gasteiger partial charge in [-0.25, -0.2) is 0 Å². The SMILES string of the molecule is CC/C=C\C/C=C\C/C=C\C/C=C\CCC(=O)OC(COC(=O)CCCCCCCC)COC(=O)CCCCCCCCCCCC/C=C\C/C=C\C/C=C\CCCCCCC. The summed E-state index contributed by atoms with van der Waals surface area (Å²) in [5.41, 5.74) is 0. The summed E-state index contributed by atoms with van der Waals surface area (Å²) in [6, 6.07) is 0. The van der Waals surface area contributed by atoms with Crippen molar-refractivity contribution in [3.05, 3.63) is 85.1 Å². The fourth-order valence-electron chi connectivity index (χ4n) is 6.81. The molecule has 0 spiro atoms. The zero-order valence-corrected chi connectivity index (χ0v) is 40.4. The van der Waals surface area contributed by atoms with Gasteiger partial charge in [-0.1, -0.05) is 215 Å². The van der Waals surface area contributed by atoms with Crippen molar-refractivity contribution >= 4 is 17.9 Å². The van der Waals surface area contributed by atoms with E-state index in [4.69, 9.17) is 14.2 Å². The maximum atomic E-state index is 12.7. The minimum absolute atomic E-state index is 0.107. The lowest BCUT2D eigenvalue weighted by Crippen LogP contribution is -2.30. The van der Waals surface area contributed by atoms with Crippen LogP contribution in [0.2, 0.25) is 0 Å². The van der Waals surface area contributed by atoms with E-state index in [1.807, 2.05) is 12.2 Å². The second kappa shape index (κ2) is 50.2. The Hall–Kier alpha value is -3.41. The number of hydrogen-bond acceptors (Lipinski definition) is 6. The van der Waals surface area contributed by atoms with Gasteiger partial charge in [0.2, 0.25) is 0 Å². The van der Waals surface area contributed by atoms with Gasteiger partial charge in [0.25, 0.3) is 0 Å². The lowest BCUT2D eigenvalue weighted by molar-refractivity contribution is -0.166. The molecule has 1 atom stereocenters. The van der Waals surface area contributed by atoms with Gasteiger partial charge in [-0.3, -0.25) is 14.4 Å². The van der Waals surface area contributed by atoms with Gasteiger partial charge < -0.3 is 14.2 Å². The fourth-order valence-corrected chi connectivity index (χ4v) is 6.81. The number of allylic oxidation sites excluding steroid dienone is 14. The van der Waals surface area contributed by atoms with Crippen LogP contribution < -0.4 is 0 Å². The molecule has 0 N–H and O–H groups in total. The molecule has 0 aliphatic heterocycles. The van der Waals surface area contributed by atoms with Crippen LogP contribution >= 0.6 is 0 Å². The normalized spacial score (nSPS) is 12.8. The van der Waals surface area contributed by atoms with Gasteiger partial charge >= 0.3 is 17.9 Å². The first-order valence-electron chi connectivity index (χ1n) is 25.6. The van der Waals surface area contributed by atoms with Crippen LogP contribution in [0.3, 0.4) is 0 Å². The molecule has 0 aromatic heterocycles. The Bertz CT molecular complexity index is 1220. The second-order valence-electron chi connectivity index (χ2n) is 16.7. The Morgan fingerprint density at radius 2 is 0.661 bits per heavy atom. The highest BCUT2D eigenvalue weighted by Crippen LogP contribution is 2.14. The average molecular weight is 863 g/mol. The van der Waals surface area contributed by atoms with Crippen LogP contribution in [0.5, 0.6) is 0 Å². The smallest absolute Gasteiger partial charge is 0.306 e. The standard InChI is InChI=1S/C56H94O6/c1-4-7-10-13-16-18-20-22-23-24-25-26-27-28-29-30-31-32-33-35-36-38-40-43-46-49-55(58)61-52-53(51-60-54(57)48-45-42-15-12-9-6-3)62-56(59)50-47-44-41-39-37-34-21-19-17-14-11-8-5-2/h8,11,17,19-20,22,24-25,27-28,34,37,41,44,53H,4-7,9-10,12-16,18,21,23,26,29-33,35-36,38-40,42-43,45-52H2,1-3H3/b11-8-,19-17-,22-20-,25-24-,28-27-,37-34-,44-41-. The molecule has 6 nitrogen and oxygen atoms in total. The zero-order valence-electron chi connectivity index (χ0n) is 40.4. The number of carbonyl (C=O) groups excluding carboxylic acids is 3. The molecule has 0 aromatic rings. The van der Waals surface area contributed by atoms with E-state index >= 15 is 0 Å². The van der Waals surface area contributed by atoms with Crippen LogP contribution in [0.4, 0.5) is 0 Å². The molecule has 0 radical (unpaired) electrons. The van der Waals surface area contributed by atoms with E-state index in [0.717, 1.165) is 77.0 Å². The van der Waals surface area contributed by atoms with Gasteiger partial charge in [-0.15, -0.1) is 0 Å². The van der Waals surface area contributed by atoms with E-state index < -0.39 is 12.1 Å². The molecule has 62 heavy (non-hydrogen) atoms. The first-order chi connectivity index (χ1) is 30.5. The summed E-state index contributed by atoms with van der Waals surface area (Å²) in [6.07, 6.45) is 64.7. The number of unbranched alkanes of at least 4 members (excludes halogenated alkanes) is 20. The van der Waals surface area contributed by atoms with Gasteiger partial charge in [0.05, 0.1) is 0 Å². The highest BCUT2D eigenvalue weighted by molar-refractivity contribution is 5.71.